The highest BCUT2D eigenvalue weighted by Gasteiger charge is 2.17. The quantitative estimate of drug-likeness (QED) is 0.112. The van der Waals surface area contributed by atoms with Gasteiger partial charge in [-0.15, -0.1) is 0 Å². The summed E-state index contributed by atoms with van der Waals surface area (Å²) in [7, 11) is -3.35. The minimum absolute atomic E-state index is 0.335. The fraction of sp³-hybridized carbons (Fsp3) is 1.00. The number of rotatable bonds is 25. The second kappa shape index (κ2) is 23.8. The molecule has 0 aliphatic rings. The van der Waals surface area contributed by atoms with E-state index >= 15 is 0 Å². The van der Waals surface area contributed by atoms with Crippen molar-refractivity contribution in [3.63, 3.8) is 0 Å². The van der Waals surface area contributed by atoms with Crippen LogP contribution in [0.5, 0.6) is 0 Å². The van der Waals surface area contributed by atoms with Gasteiger partial charge in [-0.25, -0.2) is 0 Å². The molecule has 0 fully saturated rings. The molecule has 4 heteroatoms. The van der Waals surface area contributed by atoms with Crippen LogP contribution < -0.4 is 0 Å². The number of unbranched alkanes of at least 4 members (excludes halogenated alkanes) is 20. The molecule has 0 spiro atoms. The van der Waals surface area contributed by atoms with Crippen molar-refractivity contribution >= 4 is 7.60 Å². The van der Waals surface area contributed by atoms with E-state index in [2.05, 4.69) is 13.8 Å². The first kappa shape index (κ1) is 30.1. The van der Waals surface area contributed by atoms with Crippen LogP contribution in [0.2, 0.25) is 0 Å². The predicted octanol–water partition coefficient (Wildman–Crippen LogP) is 9.81. The number of hydrogen-bond donors (Lipinski definition) is 1. The summed E-state index contributed by atoms with van der Waals surface area (Å²) in [6.45, 7) is 4.97. The first-order valence-electron chi connectivity index (χ1n) is 13.6. The van der Waals surface area contributed by atoms with Gasteiger partial charge in [0.05, 0.1) is 6.61 Å². The zero-order valence-corrected chi connectivity index (χ0v) is 21.6. The largest absolute Gasteiger partial charge is 0.328 e. The van der Waals surface area contributed by atoms with Crippen LogP contribution in [-0.2, 0) is 9.09 Å². The van der Waals surface area contributed by atoms with Crippen molar-refractivity contribution in [2.45, 2.75) is 155 Å². The average Bonchev–Trinajstić information content (AvgIpc) is 2.72. The van der Waals surface area contributed by atoms with E-state index in [-0.39, 0.29) is 0 Å². The van der Waals surface area contributed by atoms with Gasteiger partial charge in [0.1, 0.15) is 0 Å². The lowest BCUT2D eigenvalue weighted by molar-refractivity contribution is 0.251. The molecule has 30 heavy (non-hydrogen) atoms. The Hall–Kier alpha value is 0.150. The van der Waals surface area contributed by atoms with E-state index in [0.29, 0.717) is 12.8 Å². The molecule has 0 aliphatic carbocycles. The maximum atomic E-state index is 12.1. The lowest BCUT2D eigenvalue weighted by Gasteiger charge is -2.12. The highest BCUT2D eigenvalue weighted by molar-refractivity contribution is 7.52. The first-order chi connectivity index (χ1) is 14.6. The molecule has 0 saturated carbocycles. The van der Waals surface area contributed by atoms with Crippen molar-refractivity contribution in [3.05, 3.63) is 0 Å². The fourth-order valence-electron chi connectivity index (χ4n) is 4.01. The van der Waals surface area contributed by atoms with Crippen LogP contribution >= 0.6 is 7.60 Å². The van der Waals surface area contributed by atoms with Crippen molar-refractivity contribution in [2.24, 2.45) is 0 Å². The van der Waals surface area contributed by atoms with Crippen molar-refractivity contribution in [2.75, 3.05) is 12.8 Å². The Morgan fingerprint density at radius 1 is 0.500 bits per heavy atom. The van der Waals surface area contributed by atoms with Gasteiger partial charge >= 0.3 is 7.60 Å². The second-order valence-corrected chi connectivity index (χ2v) is 11.2. The molecule has 1 N–H and O–H groups in total. The fourth-order valence-corrected chi connectivity index (χ4v) is 5.18. The summed E-state index contributed by atoms with van der Waals surface area (Å²) >= 11 is 0. The van der Waals surface area contributed by atoms with Gasteiger partial charge in [0.25, 0.3) is 0 Å². The Morgan fingerprint density at radius 3 is 1.17 bits per heavy atom. The average molecular weight is 447 g/mol. The van der Waals surface area contributed by atoms with Crippen molar-refractivity contribution in [1.29, 1.82) is 0 Å². The summed E-state index contributed by atoms with van der Waals surface area (Å²) in [5.74, 6) is 0. The van der Waals surface area contributed by atoms with Gasteiger partial charge in [-0.05, 0) is 12.8 Å². The van der Waals surface area contributed by atoms with E-state index in [1.165, 1.54) is 116 Å². The molecule has 0 amide bonds. The minimum atomic E-state index is -3.35. The molecule has 0 aliphatic heterocycles. The Labute approximate surface area is 189 Å². The summed E-state index contributed by atoms with van der Waals surface area (Å²) in [6, 6.07) is 0. The van der Waals surface area contributed by atoms with Crippen LogP contribution in [0.3, 0.4) is 0 Å². The lowest BCUT2D eigenvalue weighted by atomic mass is 10.1. The molecular formula is C26H55O3P. The van der Waals surface area contributed by atoms with E-state index in [1.54, 1.807) is 0 Å². The van der Waals surface area contributed by atoms with Crippen LogP contribution in [0.25, 0.3) is 0 Å². The van der Waals surface area contributed by atoms with Crippen molar-refractivity contribution < 1.29 is 14.0 Å². The minimum Gasteiger partial charge on any atom is -0.324 e. The lowest BCUT2D eigenvalue weighted by Crippen LogP contribution is -1.97. The zero-order valence-electron chi connectivity index (χ0n) is 20.7. The van der Waals surface area contributed by atoms with Gasteiger partial charge < -0.3 is 9.42 Å². The van der Waals surface area contributed by atoms with Gasteiger partial charge in [-0.2, -0.15) is 0 Å². The molecular weight excluding hydrogens is 391 g/mol. The van der Waals surface area contributed by atoms with Crippen molar-refractivity contribution in [3.8, 4) is 0 Å². The molecule has 0 radical (unpaired) electrons. The maximum absolute atomic E-state index is 12.1. The zero-order chi connectivity index (χ0) is 22.2. The summed E-state index contributed by atoms with van der Waals surface area (Å²) in [5.41, 5.74) is 0. The smallest absolute Gasteiger partial charge is 0.324 e. The molecule has 0 rings (SSSR count). The van der Waals surface area contributed by atoms with Crippen LogP contribution in [0.4, 0.5) is 0 Å². The first-order valence-corrected chi connectivity index (χ1v) is 15.3. The summed E-state index contributed by atoms with van der Waals surface area (Å²) < 4.78 is 17.4. The van der Waals surface area contributed by atoms with Gasteiger partial charge in [0.15, 0.2) is 0 Å². The third-order valence-corrected chi connectivity index (χ3v) is 7.55. The van der Waals surface area contributed by atoms with Crippen LogP contribution in [0, 0.1) is 0 Å². The van der Waals surface area contributed by atoms with E-state index in [4.69, 9.17) is 4.52 Å². The molecule has 0 aromatic carbocycles. The Morgan fingerprint density at radius 2 is 0.800 bits per heavy atom. The van der Waals surface area contributed by atoms with E-state index in [0.717, 1.165) is 25.7 Å². The summed E-state index contributed by atoms with van der Waals surface area (Å²) in [5, 5.41) is 0. The van der Waals surface area contributed by atoms with Crippen LogP contribution in [0.1, 0.15) is 155 Å². The van der Waals surface area contributed by atoms with Gasteiger partial charge in [-0.3, -0.25) is 4.57 Å². The third-order valence-electron chi connectivity index (χ3n) is 6.09. The highest BCUT2D eigenvalue weighted by atomic mass is 31.2. The topological polar surface area (TPSA) is 46.5 Å². The monoisotopic (exact) mass is 446 g/mol. The van der Waals surface area contributed by atoms with E-state index in [9.17, 15) is 9.46 Å². The molecule has 1 atom stereocenters. The molecule has 0 aromatic rings. The standard InChI is InChI=1S/C26H55O3P/c1-3-5-7-9-11-13-15-17-19-21-23-25-29-30(27,28)26-24-22-20-18-16-14-12-10-8-6-4-2/h3-26H2,1-2H3,(H,27,28). The van der Waals surface area contributed by atoms with Gasteiger partial charge in [0.2, 0.25) is 0 Å². The van der Waals surface area contributed by atoms with E-state index < -0.39 is 7.60 Å². The number of hydrogen-bond acceptors (Lipinski definition) is 2. The van der Waals surface area contributed by atoms with Crippen LogP contribution in [0.15, 0.2) is 0 Å². The maximum Gasteiger partial charge on any atom is 0.328 e. The SMILES string of the molecule is CCCCCCCCCCCCCOP(=O)(O)CCCCCCCCCCCCC. The molecule has 0 aromatic heterocycles. The second-order valence-electron chi connectivity index (χ2n) is 9.27. The normalized spacial score (nSPS) is 13.6. The molecule has 1 unspecified atom stereocenters. The molecule has 0 heterocycles. The predicted molar refractivity (Wildman–Crippen MR) is 134 cm³/mol. The molecule has 3 nitrogen and oxygen atoms in total. The van der Waals surface area contributed by atoms with Gasteiger partial charge in [-0.1, -0.05) is 142 Å². The molecule has 182 valence electrons. The Kier molecular flexibility index (Phi) is 23.9. The molecule has 0 bridgehead atoms. The third kappa shape index (κ3) is 24.4. The molecule has 0 saturated heterocycles. The van der Waals surface area contributed by atoms with E-state index in [1.807, 2.05) is 0 Å². The Bertz CT molecular complexity index is 373. The van der Waals surface area contributed by atoms with Gasteiger partial charge in [0, 0.05) is 6.16 Å². The Balaban J connectivity index is 3.31. The summed E-state index contributed by atoms with van der Waals surface area (Å²) in [6.07, 6.45) is 28.3. The van der Waals surface area contributed by atoms with Crippen molar-refractivity contribution in [1.82, 2.24) is 0 Å². The van der Waals surface area contributed by atoms with Crippen LogP contribution in [-0.4, -0.2) is 17.7 Å². The summed E-state index contributed by atoms with van der Waals surface area (Å²) in [4.78, 5) is 9.95. The highest BCUT2D eigenvalue weighted by Crippen LogP contribution is 2.43.